The van der Waals surface area contributed by atoms with E-state index in [2.05, 4.69) is 0 Å². The van der Waals surface area contributed by atoms with Crippen molar-refractivity contribution >= 4 is 5.91 Å². The summed E-state index contributed by atoms with van der Waals surface area (Å²) in [5.41, 5.74) is 6.20. The molecule has 1 heterocycles. The molecular weight excluding hydrogens is 212 g/mol. The molecule has 2 aliphatic rings. The Morgan fingerprint density at radius 2 is 1.47 bits per heavy atom. The second-order valence-electron chi connectivity index (χ2n) is 5.66. The van der Waals surface area contributed by atoms with Crippen LogP contribution in [0.25, 0.3) is 0 Å². The quantitative estimate of drug-likeness (QED) is 0.750. The van der Waals surface area contributed by atoms with Crippen molar-refractivity contribution in [3.8, 4) is 0 Å². The van der Waals surface area contributed by atoms with Gasteiger partial charge >= 0.3 is 0 Å². The Bertz CT molecular complexity index is 241. The molecule has 0 aromatic carbocycles. The first-order valence-corrected chi connectivity index (χ1v) is 7.33. The molecule has 2 fully saturated rings. The third kappa shape index (κ3) is 3.44. The van der Waals surface area contributed by atoms with Gasteiger partial charge < -0.3 is 10.6 Å². The zero-order chi connectivity index (χ0) is 12.1. The van der Waals surface area contributed by atoms with Gasteiger partial charge in [0, 0.05) is 13.1 Å². The van der Waals surface area contributed by atoms with E-state index in [0.717, 1.165) is 38.8 Å². The number of carbonyl (C=O) groups excluding carboxylic acids is 1. The Morgan fingerprint density at radius 3 is 2.06 bits per heavy atom. The molecule has 0 aromatic heterocycles. The van der Waals surface area contributed by atoms with Gasteiger partial charge in [-0.15, -0.1) is 0 Å². The monoisotopic (exact) mass is 238 g/mol. The molecule has 3 heteroatoms. The molecule has 98 valence electrons. The van der Waals surface area contributed by atoms with Crippen molar-refractivity contribution in [3.05, 3.63) is 0 Å². The predicted octanol–water partition coefficient (Wildman–Crippen LogP) is 2.30. The van der Waals surface area contributed by atoms with Crippen molar-refractivity contribution in [1.82, 2.24) is 4.90 Å². The van der Waals surface area contributed by atoms with Crippen LogP contribution in [0.2, 0.25) is 0 Å². The summed E-state index contributed by atoms with van der Waals surface area (Å²) < 4.78 is 0. The fourth-order valence-electron chi connectivity index (χ4n) is 3.20. The van der Waals surface area contributed by atoms with E-state index in [-0.39, 0.29) is 11.9 Å². The van der Waals surface area contributed by atoms with Gasteiger partial charge in [0.2, 0.25) is 5.91 Å². The van der Waals surface area contributed by atoms with E-state index < -0.39 is 0 Å². The molecule has 1 aliphatic heterocycles. The molecule has 2 rings (SSSR count). The minimum Gasteiger partial charge on any atom is -0.341 e. The van der Waals surface area contributed by atoms with Crippen molar-refractivity contribution in [2.45, 2.75) is 63.8 Å². The molecule has 1 saturated heterocycles. The van der Waals surface area contributed by atoms with E-state index in [1.54, 1.807) is 0 Å². The first kappa shape index (κ1) is 12.9. The molecule has 1 unspecified atom stereocenters. The largest absolute Gasteiger partial charge is 0.341 e. The zero-order valence-corrected chi connectivity index (χ0v) is 10.9. The molecule has 2 N–H and O–H groups in total. The highest BCUT2D eigenvalue weighted by Gasteiger charge is 2.29. The fourth-order valence-corrected chi connectivity index (χ4v) is 3.20. The minimum absolute atomic E-state index is 0.219. The van der Waals surface area contributed by atoms with Crippen LogP contribution >= 0.6 is 0 Å². The second-order valence-corrected chi connectivity index (χ2v) is 5.66. The molecule has 1 amide bonds. The SMILES string of the molecule is NC(C(=O)N1CCCCC1)C1CCCCCC1. The van der Waals surface area contributed by atoms with Gasteiger partial charge in [0.15, 0.2) is 0 Å². The fraction of sp³-hybridized carbons (Fsp3) is 0.929. The third-order valence-corrected chi connectivity index (χ3v) is 4.36. The molecular formula is C14H26N2O. The Labute approximate surface area is 105 Å². The molecule has 17 heavy (non-hydrogen) atoms. The van der Waals surface area contributed by atoms with Crippen LogP contribution in [0.3, 0.4) is 0 Å². The van der Waals surface area contributed by atoms with Crippen LogP contribution in [-0.4, -0.2) is 29.9 Å². The number of nitrogens with zero attached hydrogens (tertiary/aromatic N) is 1. The molecule has 0 bridgehead atoms. The number of hydrogen-bond acceptors (Lipinski definition) is 2. The number of amides is 1. The van der Waals surface area contributed by atoms with Crippen LogP contribution in [0.1, 0.15) is 57.8 Å². The lowest BCUT2D eigenvalue weighted by molar-refractivity contribution is -0.134. The third-order valence-electron chi connectivity index (χ3n) is 4.36. The van der Waals surface area contributed by atoms with Crippen LogP contribution < -0.4 is 5.73 Å². The maximum absolute atomic E-state index is 12.3. The van der Waals surface area contributed by atoms with Crippen LogP contribution in [0.5, 0.6) is 0 Å². The molecule has 0 radical (unpaired) electrons. The van der Waals surface area contributed by atoms with Crippen LogP contribution in [0, 0.1) is 5.92 Å². The number of rotatable bonds is 2. The highest BCUT2D eigenvalue weighted by Crippen LogP contribution is 2.26. The van der Waals surface area contributed by atoms with Gasteiger partial charge in [-0.05, 0) is 38.0 Å². The molecule has 0 aromatic rings. The van der Waals surface area contributed by atoms with Crippen LogP contribution in [-0.2, 0) is 4.79 Å². The normalized spacial score (nSPS) is 25.4. The Kier molecular flexibility index (Phi) is 4.84. The topological polar surface area (TPSA) is 46.3 Å². The summed E-state index contributed by atoms with van der Waals surface area (Å²) in [6.07, 6.45) is 11.0. The van der Waals surface area contributed by atoms with E-state index in [0.29, 0.717) is 5.92 Å². The number of piperidine rings is 1. The van der Waals surface area contributed by atoms with Gasteiger partial charge in [0.05, 0.1) is 6.04 Å². The summed E-state index contributed by atoms with van der Waals surface area (Å²) in [6.45, 7) is 1.86. The maximum atomic E-state index is 12.3. The van der Waals surface area contributed by atoms with Crippen molar-refractivity contribution in [3.63, 3.8) is 0 Å². The van der Waals surface area contributed by atoms with E-state index in [1.165, 1.54) is 32.1 Å². The number of nitrogens with two attached hydrogens (primary N) is 1. The lowest BCUT2D eigenvalue weighted by Gasteiger charge is -2.31. The van der Waals surface area contributed by atoms with E-state index in [9.17, 15) is 4.79 Å². The Balaban J connectivity index is 1.88. The minimum atomic E-state index is -0.230. The summed E-state index contributed by atoms with van der Waals surface area (Å²) in [4.78, 5) is 14.3. The highest BCUT2D eigenvalue weighted by molar-refractivity contribution is 5.82. The number of hydrogen-bond donors (Lipinski definition) is 1. The number of likely N-dealkylation sites (tertiary alicyclic amines) is 1. The van der Waals surface area contributed by atoms with Gasteiger partial charge in [0.1, 0.15) is 0 Å². The smallest absolute Gasteiger partial charge is 0.239 e. The van der Waals surface area contributed by atoms with Crippen LogP contribution in [0.4, 0.5) is 0 Å². The molecule has 1 aliphatic carbocycles. The summed E-state index contributed by atoms with van der Waals surface area (Å²) >= 11 is 0. The van der Waals surface area contributed by atoms with Crippen molar-refractivity contribution in [1.29, 1.82) is 0 Å². The van der Waals surface area contributed by atoms with Gasteiger partial charge in [-0.25, -0.2) is 0 Å². The predicted molar refractivity (Wildman–Crippen MR) is 69.6 cm³/mol. The average molecular weight is 238 g/mol. The molecule has 1 saturated carbocycles. The van der Waals surface area contributed by atoms with Gasteiger partial charge in [-0.3, -0.25) is 4.79 Å². The number of carbonyl (C=O) groups is 1. The summed E-state index contributed by atoms with van der Waals surface area (Å²) in [6, 6.07) is -0.230. The second kappa shape index (κ2) is 6.39. The summed E-state index contributed by atoms with van der Waals surface area (Å²) in [5.74, 6) is 0.656. The standard InChI is InChI=1S/C14H26N2O/c15-13(12-8-4-1-2-5-9-12)14(17)16-10-6-3-7-11-16/h12-13H,1-11,15H2. The first-order valence-electron chi connectivity index (χ1n) is 7.33. The van der Waals surface area contributed by atoms with Gasteiger partial charge in [0.25, 0.3) is 0 Å². The van der Waals surface area contributed by atoms with E-state index in [1.807, 2.05) is 4.90 Å². The van der Waals surface area contributed by atoms with E-state index >= 15 is 0 Å². The first-order chi connectivity index (χ1) is 8.29. The maximum Gasteiger partial charge on any atom is 0.239 e. The molecule has 0 spiro atoms. The summed E-state index contributed by atoms with van der Waals surface area (Å²) in [5, 5.41) is 0. The lowest BCUT2D eigenvalue weighted by Crippen LogP contribution is -2.49. The summed E-state index contributed by atoms with van der Waals surface area (Å²) in [7, 11) is 0. The Hall–Kier alpha value is -0.570. The van der Waals surface area contributed by atoms with Gasteiger partial charge in [-0.2, -0.15) is 0 Å². The van der Waals surface area contributed by atoms with Crippen molar-refractivity contribution in [2.75, 3.05) is 13.1 Å². The molecule has 1 atom stereocenters. The van der Waals surface area contributed by atoms with Crippen molar-refractivity contribution < 1.29 is 4.79 Å². The Morgan fingerprint density at radius 1 is 0.941 bits per heavy atom. The van der Waals surface area contributed by atoms with Crippen LogP contribution in [0.15, 0.2) is 0 Å². The lowest BCUT2D eigenvalue weighted by atomic mass is 9.91. The highest BCUT2D eigenvalue weighted by atomic mass is 16.2. The zero-order valence-electron chi connectivity index (χ0n) is 10.9. The molecule has 3 nitrogen and oxygen atoms in total. The van der Waals surface area contributed by atoms with E-state index in [4.69, 9.17) is 5.73 Å². The van der Waals surface area contributed by atoms with Gasteiger partial charge in [-0.1, -0.05) is 25.7 Å². The average Bonchev–Trinajstić information content (AvgIpc) is 2.67. The van der Waals surface area contributed by atoms with Crippen molar-refractivity contribution in [2.24, 2.45) is 11.7 Å².